The summed E-state index contributed by atoms with van der Waals surface area (Å²) in [5, 5.41) is 0. The molecular formula is C21H24O4. The number of hydrogen-bond acceptors (Lipinski definition) is 4. The second-order valence-electron chi connectivity index (χ2n) is 5.68. The van der Waals surface area contributed by atoms with Crippen molar-refractivity contribution in [1.29, 1.82) is 0 Å². The highest BCUT2D eigenvalue weighted by molar-refractivity contribution is 6.07. The molecule has 0 aromatic heterocycles. The molecule has 4 nitrogen and oxygen atoms in total. The van der Waals surface area contributed by atoms with Crippen LogP contribution in [0.1, 0.15) is 34.0 Å². The molecular weight excluding hydrogens is 316 g/mol. The zero-order valence-corrected chi connectivity index (χ0v) is 15.4. The lowest BCUT2D eigenvalue weighted by Crippen LogP contribution is -1.99. The molecule has 2 aromatic carbocycles. The summed E-state index contributed by atoms with van der Waals surface area (Å²) in [4.78, 5) is 12.4. The van der Waals surface area contributed by atoms with E-state index < -0.39 is 0 Å². The van der Waals surface area contributed by atoms with Gasteiger partial charge in [0.1, 0.15) is 0 Å². The highest BCUT2D eigenvalue weighted by Gasteiger charge is 2.13. The van der Waals surface area contributed by atoms with Crippen LogP contribution >= 0.6 is 0 Å². The lowest BCUT2D eigenvalue weighted by Gasteiger charge is -2.14. The maximum atomic E-state index is 12.4. The lowest BCUT2D eigenvalue weighted by atomic mass is 10.0. The van der Waals surface area contributed by atoms with Gasteiger partial charge in [0.25, 0.3) is 0 Å². The number of methoxy groups -OCH3 is 2. The molecule has 2 rings (SSSR count). The van der Waals surface area contributed by atoms with Gasteiger partial charge in [-0.3, -0.25) is 4.79 Å². The van der Waals surface area contributed by atoms with Gasteiger partial charge in [0.05, 0.1) is 20.8 Å². The molecule has 25 heavy (non-hydrogen) atoms. The lowest BCUT2D eigenvalue weighted by molar-refractivity contribution is 0.104. The van der Waals surface area contributed by atoms with Gasteiger partial charge in [-0.1, -0.05) is 18.2 Å². The molecule has 2 aromatic rings. The minimum atomic E-state index is -0.0464. The summed E-state index contributed by atoms with van der Waals surface area (Å²) in [6, 6.07) is 9.34. The molecule has 0 radical (unpaired) electrons. The van der Waals surface area contributed by atoms with Crippen molar-refractivity contribution in [3.63, 3.8) is 0 Å². The molecule has 0 unspecified atom stereocenters. The van der Waals surface area contributed by atoms with E-state index in [1.165, 1.54) is 5.56 Å². The molecule has 0 bridgehead atoms. The van der Waals surface area contributed by atoms with Crippen LogP contribution in [0.5, 0.6) is 17.2 Å². The summed E-state index contributed by atoms with van der Waals surface area (Å²) in [6.45, 7) is 6.43. The van der Waals surface area contributed by atoms with E-state index in [2.05, 4.69) is 0 Å². The van der Waals surface area contributed by atoms with Crippen LogP contribution in [0.2, 0.25) is 0 Å². The maximum Gasteiger partial charge on any atom is 0.203 e. The molecule has 0 heterocycles. The number of ether oxygens (including phenoxy) is 3. The second kappa shape index (κ2) is 8.38. The fraction of sp³-hybridized carbons (Fsp3) is 0.286. The number of rotatable bonds is 7. The van der Waals surface area contributed by atoms with Crippen molar-refractivity contribution < 1.29 is 19.0 Å². The molecule has 0 aliphatic rings. The van der Waals surface area contributed by atoms with E-state index in [9.17, 15) is 4.79 Å². The van der Waals surface area contributed by atoms with E-state index in [0.717, 1.165) is 11.1 Å². The predicted octanol–water partition coefficient (Wildman–Crippen LogP) is 4.62. The SMILES string of the molecule is CCOc1c(OC)cc(/C=C/C(=O)c2ccc(C)c(C)c2)cc1OC. The van der Waals surface area contributed by atoms with Crippen LogP contribution in [0.25, 0.3) is 6.08 Å². The summed E-state index contributed by atoms with van der Waals surface area (Å²) in [5.41, 5.74) is 3.74. The molecule has 0 N–H and O–H groups in total. The summed E-state index contributed by atoms with van der Waals surface area (Å²) in [5.74, 6) is 1.65. The van der Waals surface area contributed by atoms with E-state index >= 15 is 0 Å². The van der Waals surface area contributed by atoms with Gasteiger partial charge in [-0.15, -0.1) is 0 Å². The Balaban J connectivity index is 2.30. The molecule has 0 fully saturated rings. The maximum absolute atomic E-state index is 12.4. The van der Waals surface area contributed by atoms with E-state index in [4.69, 9.17) is 14.2 Å². The van der Waals surface area contributed by atoms with Crippen molar-refractivity contribution in [3.8, 4) is 17.2 Å². The van der Waals surface area contributed by atoms with E-state index in [1.807, 2.05) is 51.1 Å². The third kappa shape index (κ3) is 4.41. The van der Waals surface area contributed by atoms with E-state index in [1.54, 1.807) is 26.4 Å². The van der Waals surface area contributed by atoms with Gasteiger partial charge in [0.15, 0.2) is 17.3 Å². The first-order valence-corrected chi connectivity index (χ1v) is 8.18. The van der Waals surface area contributed by atoms with Gasteiger partial charge in [0, 0.05) is 5.56 Å². The normalized spacial score (nSPS) is 10.8. The Morgan fingerprint density at radius 2 is 1.64 bits per heavy atom. The number of hydrogen-bond donors (Lipinski definition) is 0. The number of carbonyl (C=O) groups excluding carboxylic acids is 1. The first kappa shape index (κ1) is 18.6. The third-order valence-electron chi connectivity index (χ3n) is 3.99. The van der Waals surface area contributed by atoms with Gasteiger partial charge in [-0.25, -0.2) is 0 Å². The molecule has 0 amide bonds. The fourth-order valence-electron chi connectivity index (χ4n) is 2.45. The Kier molecular flexibility index (Phi) is 6.23. The Morgan fingerprint density at radius 1 is 1.00 bits per heavy atom. The van der Waals surface area contributed by atoms with Crippen LogP contribution in [0.15, 0.2) is 36.4 Å². The molecule has 0 aliphatic carbocycles. The van der Waals surface area contributed by atoms with Crippen LogP contribution in [0.4, 0.5) is 0 Å². The largest absolute Gasteiger partial charge is 0.493 e. The van der Waals surface area contributed by atoms with Gasteiger partial charge in [0.2, 0.25) is 5.75 Å². The highest BCUT2D eigenvalue weighted by Crippen LogP contribution is 2.38. The van der Waals surface area contributed by atoms with Gasteiger partial charge in [-0.2, -0.15) is 0 Å². The van der Waals surface area contributed by atoms with E-state index in [-0.39, 0.29) is 5.78 Å². The Bertz CT molecular complexity index is 765. The molecule has 4 heteroatoms. The summed E-state index contributed by atoms with van der Waals surface area (Å²) >= 11 is 0. The van der Waals surface area contributed by atoms with Crippen LogP contribution < -0.4 is 14.2 Å². The fourth-order valence-corrected chi connectivity index (χ4v) is 2.45. The zero-order chi connectivity index (χ0) is 18.4. The van der Waals surface area contributed by atoms with E-state index in [0.29, 0.717) is 29.4 Å². The minimum Gasteiger partial charge on any atom is -0.493 e. The average molecular weight is 340 g/mol. The van der Waals surface area contributed by atoms with Gasteiger partial charge < -0.3 is 14.2 Å². The minimum absolute atomic E-state index is 0.0464. The number of allylic oxidation sites excluding steroid dienone is 1. The third-order valence-corrected chi connectivity index (χ3v) is 3.99. The van der Waals surface area contributed by atoms with Crippen LogP contribution in [-0.2, 0) is 0 Å². The molecule has 0 saturated heterocycles. The van der Waals surface area contributed by atoms with Crippen molar-refractivity contribution in [3.05, 3.63) is 58.7 Å². The zero-order valence-electron chi connectivity index (χ0n) is 15.4. The Labute approximate surface area is 149 Å². The smallest absolute Gasteiger partial charge is 0.203 e. The monoisotopic (exact) mass is 340 g/mol. The molecule has 132 valence electrons. The standard InChI is InChI=1S/C21H24O4/c1-6-25-21-19(23-4)12-16(13-20(21)24-5)8-10-18(22)17-9-7-14(2)15(3)11-17/h7-13H,6H2,1-5H3/b10-8+. The number of carbonyl (C=O) groups is 1. The van der Waals surface area contributed by atoms with Crippen molar-refractivity contribution in [2.45, 2.75) is 20.8 Å². The van der Waals surface area contributed by atoms with Crippen molar-refractivity contribution in [2.24, 2.45) is 0 Å². The second-order valence-corrected chi connectivity index (χ2v) is 5.68. The summed E-state index contributed by atoms with van der Waals surface area (Å²) in [7, 11) is 3.15. The molecule has 0 aliphatic heterocycles. The number of benzene rings is 2. The van der Waals surface area contributed by atoms with Gasteiger partial charge in [-0.05, 0) is 61.7 Å². The molecule has 0 spiro atoms. The number of ketones is 1. The molecule has 0 saturated carbocycles. The van der Waals surface area contributed by atoms with Gasteiger partial charge >= 0.3 is 0 Å². The topological polar surface area (TPSA) is 44.8 Å². The summed E-state index contributed by atoms with van der Waals surface area (Å²) in [6.07, 6.45) is 3.30. The van der Waals surface area contributed by atoms with Crippen molar-refractivity contribution in [1.82, 2.24) is 0 Å². The Hall–Kier alpha value is -2.75. The molecule has 0 atom stereocenters. The first-order chi connectivity index (χ1) is 12.0. The van der Waals surface area contributed by atoms with Crippen molar-refractivity contribution >= 4 is 11.9 Å². The average Bonchev–Trinajstić information content (AvgIpc) is 2.62. The van der Waals surface area contributed by atoms with Crippen LogP contribution in [0.3, 0.4) is 0 Å². The summed E-state index contributed by atoms with van der Waals surface area (Å²) < 4.78 is 16.3. The van der Waals surface area contributed by atoms with Crippen molar-refractivity contribution in [2.75, 3.05) is 20.8 Å². The Morgan fingerprint density at radius 3 is 2.16 bits per heavy atom. The quantitative estimate of drug-likeness (QED) is 0.545. The first-order valence-electron chi connectivity index (χ1n) is 8.18. The van der Waals surface area contributed by atoms with Crippen LogP contribution in [0, 0.1) is 13.8 Å². The highest BCUT2D eigenvalue weighted by atomic mass is 16.5. The number of aryl methyl sites for hydroxylation is 2. The van der Waals surface area contributed by atoms with Crippen LogP contribution in [-0.4, -0.2) is 26.6 Å². The predicted molar refractivity (Wildman–Crippen MR) is 100.0 cm³/mol.